The Morgan fingerprint density at radius 1 is 1.30 bits per heavy atom. The standard InChI is InChI=1S/C15H13BrClNO2/c1-2-18(13-4-3-5-14(19)9-13)15(20)10-6-11(16)8-12(17)7-10/h3-9,19H,2H2,1H3. The molecule has 2 rings (SSSR count). The molecule has 0 spiro atoms. The van der Waals surface area contributed by atoms with Crippen molar-refractivity contribution in [1.82, 2.24) is 0 Å². The van der Waals surface area contributed by atoms with Gasteiger partial charge in [0.25, 0.3) is 5.91 Å². The van der Waals surface area contributed by atoms with Gasteiger partial charge in [-0.05, 0) is 37.3 Å². The first-order valence-corrected chi connectivity index (χ1v) is 7.25. The van der Waals surface area contributed by atoms with Gasteiger partial charge in [0.15, 0.2) is 0 Å². The van der Waals surface area contributed by atoms with Gasteiger partial charge in [0.2, 0.25) is 0 Å². The number of amides is 1. The topological polar surface area (TPSA) is 40.5 Å². The molecule has 104 valence electrons. The van der Waals surface area contributed by atoms with Crippen LogP contribution in [0.3, 0.4) is 0 Å². The van der Waals surface area contributed by atoms with Crippen LogP contribution in [0.15, 0.2) is 46.9 Å². The van der Waals surface area contributed by atoms with E-state index in [4.69, 9.17) is 11.6 Å². The van der Waals surface area contributed by atoms with Gasteiger partial charge in [0.1, 0.15) is 5.75 Å². The Kier molecular flexibility index (Phi) is 4.68. The van der Waals surface area contributed by atoms with E-state index in [0.717, 1.165) is 4.47 Å². The van der Waals surface area contributed by atoms with Crippen molar-refractivity contribution in [3.8, 4) is 5.75 Å². The molecule has 0 radical (unpaired) electrons. The van der Waals surface area contributed by atoms with Gasteiger partial charge in [-0.3, -0.25) is 4.79 Å². The van der Waals surface area contributed by atoms with E-state index >= 15 is 0 Å². The van der Waals surface area contributed by atoms with E-state index in [1.807, 2.05) is 6.92 Å². The Bertz CT molecular complexity index is 625. The first-order chi connectivity index (χ1) is 9.51. The molecule has 0 unspecified atom stereocenters. The summed E-state index contributed by atoms with van der Waals surface area (Å²) in [4.78, 5) is 14.1. The number of halogens is 2. The lowest BCUT2D eigenvalue weighted by molar-refractivity contribution is 0.0988. The molecular formula is C15H13BrClNO2. The van der Waals surface area contributed by atoms with E-state index in [9.17, 15) is 9.90 Å². The lowest BCUT2D eigenvalue weighted by atomic mass is 10.1. The number of hydrogen-bond donors (Lipinski definition) is 1. The lowest BCUT2D eigenvalue weighted by Crippen LogP contribution is -2.30. The van der Waals surface area contributed by atoms with Crippen LogP contribution in [0.4, 0.5) is 5.69 Å². The zero-order valence-electron chi connectivity index (χ0n) is 10.8. The fourth-order valence-electron chi connectivity index (χ4n) is 1.94. The highest BCUT2D eigenvalue weighted by atomic mass is 79.9. The molecule has 2 aromatic carbocycles. The molecule has 5 heteroatoms. The summed E-state index contributed by atoms with van der Waals surface area (Å²) in [5, 5.41) is 10.0. The molecule has 0 bridgehead atoms. The van der Waals surface area contributed by atoms with Gasteiger partial charge in [-0.1, -0.05) is 33.6 Å². The second kappa shape index (κ2) is 6.29. The number of hydrogen-bond acceptors (Lipinski definition) is 2. The summed E-state index contributed by atoms with van der Waals surface area (Å²) in [6.45, 7) is 2.37. The largest absolute Gasteiger partial charge is 0.508 e. The molecular weight excluding hydrogens is 342 g/mol. The number of phenols is 1. The number of nitrogens with zero attached hydrogens (tertiary/aromatic N) is 1. The van der Waals surface area contributed by atoms with Crippen molar-refractivity contribution in [2.45, 2.75) is 6.92 Å². The highest BCUT2D eigenvalue weighted by Gasteiger charge is 2.17. The molecule has 0 heterocycles. The predicted molar refractivity (Wildman–Crippen MR) is 84.6 cm³/mol. The maximum Gasteiger partial charge on any atom is 0.258 e. The summed E-state index contributed by atoms with van der Waals surface area (Å²) in [6, 6.07) is 11.7. The monoisotopic (exact) mass is 353 g/mol. The van der Waals surface area contributed by atoms with Crippen LogP contribution in [0, 0.1) is 0 Å². The average Bonchev–Trinajstić information content (AvgIpc) is 2.38. The lowest BCUT2D eigenvalue weighted by Gasteiger charge is -2.21. The summed E-state index contributed by atoms with van der Waals surface area (Å²) in [6.07, 6.45) is 0. The minimum Gasteiger partial charge on any atom is -0.508 e. The number of benzene rings is 2. The molecule has 2 aromatic rings. The van der Waals surface area contributed by atoms with E-state index in [1.165, 1.54) is 0 Å². The number of carbonyl (C=O) groups is 1. The van der Waals surface area contributed by atoms with Gasteiger partial charge in [0, 0.05) is 33.4 Å². The smallest absolute Gasteiger partial charge is 0.258 e. The number of anilines is 1. The molecule has 0 aromatic heterocycles. The van der Waals surface area contributed by atoms with Crippen molar-refractivity contribution < 1.29 is 9.90 Å². The van der Waals surface area contributed by atoms with E-state index in [-0.39, 0.29) is 11.7 Å². The van der Waals surface area contributed by atoms with Crippen molar-refractivity contribution in [2.75, 3.05) is 11.4 Å². The average molecular weight is 355 g/mol. The Balaban J connectivity index is 2.38. The van der Waals surface area contributed by atoms with Gasteiger partial charge in [-0.15, -0.1) is 0 Å². The molecule has 0 atom stereocenters. The van der Waals surface area contributed by atoms with Crippen molar-refractivity contribution in [3.05, 3.63) is 57.5 Å². The third kappa shape index (κ3) is 3.32. The Labute approximate surface area is 130 Å². The summed E-state index contributed by atoms with van der Waals surface area (Å²) in [5.41, 5.74) is 1.14. The molecule has 0 aliphatic carbocycles. The molecule has 0 aliphatic rings. The summed E-state index contributed by atoms with van der Waals surface area (Å²) in [7, 11) is 0. The number of rotatable bonds is 3. The Hall–Kier alpha value is -1.52. The maximum atomic E-state index is 12.6. The predicted octanol–water partition coefficient (Wildman–Crippen LogP) is 4.47. The summed E-state index contributed by atoms with van der Waals surface area (Å²) in [5.74, 6) is -0.0395. The SMILES string of the molecule is CCN(C(=O)c1cc(Cl)cc(Br)c1)c1cccc(O)c1. The summed E-state index contributed by atoms with van der Waals surface area (Å²) >= 11 is 9.30. The molecule has 3 nitrogen and oxygen atoms in total. The molecule has 0 saturated heterocycles. The van der Waals surface area contributed by atoms with Crippen LogP contribution < -0.4 is 4.90 Å². The second-order valence-corrected chi connectivity index (χ2v) is 5.58. The van der Waals surface area contributed by atoms with Crippen molar-refractivity contribution in [2.24, 2.45) is 0 Å². The molecule has 0 aliphatic heterocycles. The highest BCUT2D eigenvalue weighted by molar-refractivity contribution is 9.10. The van der Waals surface area contributed by atoms with Gasteiger partial charge in [-0.2, -0.15) is 0 Å². The number of carbonyl (C=O) groups excluding carboxylic acids is 1. The molecule has 1 N–H and O–H groups in total. The Morgan fingerprint density at radius 3 is 2.65 bits per heavy atom. The minimum atomic E-state index is -0.165. The Morgan fingerprint density at radius 2 is 2.05 bits per heavy atom. The van der Waals surface area contributed by atoms with E-state index in [1.54, 1.807) is 47.4 Å². The summed E-state index contributed by atoms with van der Waals surface area (Å²) < 4.78 is 0.750. The quantitative estimate of drug-likeness (QED) is 0.883. The zero-order chi connectivity index (χ0) is 14.7. The highest BCUT2D eigenvalue weighted by Crippen LogP contribution is 2.24. The van der Waals surface area contributed by atoms with Crippen LogP contribution in [-0.4, -0.2) is 17.6 Å². The van der Waals surface area contributed by atoms with Gasteiger partial charge in [0.05, 0.1) is 0 Å². The van der Waals surface area contributed by atoms with E-state index < -0.39 is 0 Å². The normalized spacial score (nSPS) is 10.3. The third-order valence-corrected chi connectivity index (χ3v) is 3.49. The van der Waals surface area contributed by atoms with Crippen LogP contribution in [0.1, 0.15) is 17.3 Å². The fraction of sp³-hybridized carbons (Fsp3) is 0.133. The minimum absolute atomic E-state index is 0.126. The molecule has 1 amide bonds. The molecule has 20 heavy (non-hydrogen) atoms. The first kappa shape index (κ1) is 14.9. The van der Waals surface area contributed by atoms with Crippen LogP contribution >= 0.6 is 27.5 Å². The maximum absolute atomic E-state index is 12.6. The van der Waals surface area contributed by atoms with Crippen LogP contribution in [-0.2, 0) is 0 Å². The van der Waals surface area contributed by atoms with Gasteiger partial charge in [-0.25, -0.2) is 0 Å². The number of phenolic OH excluding ortho intramolecular Hbond substituents is 1. The van der Waals surface area contributed by atoms with E-state index in [0.29, 0.717) is 22.8 Å². The third-order valence-electron chi connectivity index (χ3n) is 2.81. The van der Waals surface area contributed by atoms with Crippen molar-refractivity contribution >= 4 is 39.1 Å². The van der Waals surface area contributed by atoms with Gasteiger partial charge < -0.3 is 10.0 Å². The van der Waals surface area contributed by atoms with Crippen LogP contribution in [0.5, 0.6) is 5.75 Å². The fourth-order valence-corrected chi connectivity index (χ4v) is 2.80. The number of aromatic hydroxyl groups is 1. The van der Waals surface area contributed by atoms with Crippen LogP contribution in [0.2, 0.25) is 5.02 Å². The van der Waals surface area contributed by atoms with E-state index in [2.05, 4.69) is 15.9 Å². The van der Waals surface area contributed by atoms with Crippen molar-refractivity contribution in [1.29, 1.82) is 0 Å². The zero-order valence-corrected chi connectivity index (χ0v) is 13.1. The molecule has 0 saturated carbocycles. The van der Waals surface area contributed by atoms with Crippen molar-refractivity contribution in [3.63, 3.8) is 0 Å². The van der Waals surface area contributed by atoms with Crippen LogP contribution in [0.25, 0.3) is 0 Å². The molecule has 0 fully saturated rings. The first-order valence-electron chi connectivity index (χ1n) is 6.08. The van der Waals surface area contributed by atoms with Gasteiger partial charge >= 0.3 is 0 Å². The second-order valence-electron chi connectivity index (χ2n) is 4.23.